The van der Waals surface area contributed by atoms with Crippen LogP contribution >= 0.6 is 0 Å². The second-order valence-electron chi connectivity index (χ2n) is 4.59. The molecule has 1 aromatic carbocycles. The zero-order valence-electron chi connectivity index (χ0n) is 11.7. The highest BCUT2D eigenvalue weighted by atomic mass is 32.2. The van der Waals surface area contributed by atoms with Crippen molar-refractivity contribution in [3.8, 4) is 0 Å². The Morgan fingerprint density at radius 3 is 2.45 bits per heavy atom. The number of aromatic nitrogens is 2. The molecule has 0 aliphatic rings. The summed E-state index contributed by atoms with van der Waals surface area (Å²) < 4.78 is 23.3. The lowest BCUT2D eigenvalue weighted by Gasteiger charge is -2.07. The van der Waals surface area contributed by atoms with Crippen LogP contribution in [-0.4, -0.2) is 24.1 Å². The molecule has 0 radical (unpaired) electrons. The second-order valence-corrected chi connectivity index (χ2v) is 6.15. The van der Waals surface area contributed by atoms with Crippen molar-refractivity contribution >= 4 is 21.6 Å². The van der Waals surface area contributed by atoms with Gasteiger partial charge in [0.2, 0.25) is 15.9 Å². The predicted octanol–water partition coefficient (Wildman–Crippen LogP) is -0.162. The molecule has 1 amide bonds. The van der Waals surface area contributed by atoms with Gasteiger partial charge >= 0.3 is 0 Å². The Morgan fingerprint density at radius 2 is 1.86 bits per heavy atom. The molecule has 0 spiro atoms. The van der Waals surface area contributed by atoms with E-state index in [0.717, 1.165) is 4.68 Å². The summed E-state index contributed by atoms with van der Waals surface area (Å²) in [6, 6.07) is 8.26. The Kier molecular flexibility index (Phi) is 4.38. The average molecular weight is 322 g/mol. The van der Waals surface area contributed by atoms with E-state index in [-0.39, 0.29) is 17.0 Å². The third-order valence-electron chi connectivity index (χ3n) is 2.76. The van der Waals surface area contributed by atoms with Crippen LogP contribution in [0.4, 0.5) is 5.69 Å². The number of hydrogen-bond acceptors (Lipinski definition) is 5. The summed E-state index contributed by atoms with van der Waals surface area (Å²) in [5, 5.41) is 11.5. The third-order valence-corrected chi connectivity index (χ3v) is 3.69. The fraction of sp³-hybridized carbons (Fsp3) is 0.154. The smallest absolute Gasteiger partial charge is 0.267 e. The lowest BCUT2D eigenvalue weighted by molar-refractivity contribution is -0.117. The van der Waals surface area contributed by atoms with Crippen LogP contribution in [0.15, 0.2) is 46.1 Å². The first kappa shape index (κ1) is 15.9. The van der Waals surface area contributed by atoms with Gasteiger partial charge in [0.15, 0.2) is 0 Å². The van der Waals surface area contributed by atoms with Crippen molar-refractivity contribution in [1.82, 2.24) is 9.78 Å². The van der Waals surface area contributed by atoms with E-state index < -0.39 is 15.9 Å². The topological polar surface area (TPSA) is 124 Å². The maximum Gasteiger partial charge on any atom is 0.267 e. The van der Waals surface area contributed by atoms with Crippen molar-refractivity contribution in [3.05, 3.63) is 52.4 Å². The van der Waals surface area contributed by atoms with Gasteiger partial charge in [-0.05, 0) is 37.3 Å². The van der Waals surface area contributed by atoms with Gasteiger partial charge in [-0.3, -0.25) is 9.59 Å². The van der Waals surface area contributed by atoms with Crippen LogP contribution in [0.25, 0.3) is 0 Å². The molecule has 8 nitrogen and oxygen atoms in total. The highest BCUT2D eigenvalue weighted by Gasteiger charge is 2.09. The minimum atomic E-state index is -3.78. The quantitative estimate of drug-likeness (QED) is 0.809. The zero-order chi connectivity index (χ0) is 16.3. The number of primary sulfonamides is 1. The Bertz CT molecular complexity index is 856. The van der Waals surface area contributed by atoms with Crippen molar-refractivity contribution in [1.29, 1.82) is 0 Å². The Labute approximate surface area is 126 Å². The summed E-state index contributed by atoms with van der Waals surface area (Å²) in [7, 11) is -3.78. The van der Waals surface area contributed by atoms with E-state index in [0.29, 0.717) is 11.4 Å². The van der Waals surface area contributed by atoms with Gasteiger partial charge in [-0.1, -0.05) is 0 Å². The number of rotatable bonds is 4. The van der Waals surface area contributed by atoms with Gasteiger partial charge in [0.25, 0.3) is 5.56 Å². The molecular weight excluding hydrogens is 308 g/mol. The van der Waals surface area contributed by atoms with Gasteiger partial charge in [-0.15, -0.1) is 0 Å². The molecule has 0 fully saturated rings. The molecule has 116 valence electrons. The molecule has 9 heteroatoms. The van der Waals surface area contributed by atoms with E-state index in [4.69, 9.17) is 5.14 Å². The minimum absolute atomic E-state index is 0.0536. The van der Waals surface area contributed by atoms with E-state index in [1.165, 1.54) is 30.3 Å². The van der Waals surface area contributed by atoms with E-state index in [9.17, 15) is 18.0 Å². The number of anilines is 1. The second kappa shape index (κ2) is 6.08. The largest absolute Gasteiger partial charge is 0.324 e. The van der Waals surface area contributed by atoms with Gasteiger partial charge in [-0.2, -0.15) is 5.10 Å². The highest BCUT2D eigenvalue weighted by Crippen LogP contribution is 2.12. The first-order chi connectivity index (χ1) is 10.3. The van der Waals surface area contributed by atoms with E-state index in [1.807, 2.05) is 0 Å². The van der Waals surface area contributed by atoms with Crippen molar-refractivity contribution in [2.45, 2.75) is 18.4 Å². The van der Waals surface area contributed by atoms with Crippen LogP contribution < -0.4 is 16.0 Å². The lowest BCUT2D eigenvalue weighted by atomic mass is 10.3. The first-order valence-electron chi connectivity index (χ1n) is 6.23. The average Bonchev–Trinajstić information content (AvgIpc) is 2.42. The van der Waals surface area contributed by atoms with Crippen molar-refractivity contribution in [2.24, 2.45) is 5.14 Å². The van der Waals surface area contributed by atoms with Crippen LogP contribution in [-0.2, 0) is 21.4 Å². The lowest BCUT2D eigenvalue weighted by Crippen LogP contribution is -2.29. The Balaban J connectivity index is 2.09. The first-order valence-corrected chi connectivity index (χ1v) is 7.78. The molecule has 2 aromatic rings. The molecule has 0 aliphatic heterocycles. The molecule has 0 bridgehead atoms. The number of carbonyl (C=O) groups excluding carboxylic acids is 1. The molecule has 1 heterocycles. The van der Waals surface area contributed by atoms with Crippen LogP contribution in [0.5, 0.6) is 0 Å². The molecule has 22 heavy (non-hydrogen) atoms. The molecular formula is C13H14N4O4S. The maximum absolute atomic E-state index is 11.9. The van der Waals surface area contributed by atoms with Crippen LogP contribution in [0.2, 0.25) is 0 Å². The summed E-state index contributed by atoms with van der Waals surface area (Å²) in [6.45, 7) is 1.47. The molecule has 0 aliphatic carbocycles. The molecule has 0 atom stereocenters. The molecule has 3 N–H and O–H groups in total. The van der Waals surface area contributed by atoms with Crippen molar-refractivity contribution in [2.75, 3.05) is 5.32 Å². The van der Waals surface area contributed by atoms with Crippen molar-refractivity contribution < 1.29 is 13.2 Å². The van der Waals surface area contributed by atoms with Crippen LogP contribution in [0.1, 0.15) is 5.69 Å². The van der Waals surface area contributed by atoms with Gasteiger partial charge in [0.1, 0.15) is 6.54 Å². The Morgan fingerprint density at radius 1 is 1.23 bits per heavy atom. The van der Waals surface area contributed by atoms with Crippen LogP contribution in [0.3, 0.4) is 0 Å². The molecule has 0 saturated carbocycles. The van der Waals surface area contributed by atoms with Crippen LogP contribution in [0, 0.1) is 6.92 Å². The number of aryl methyl sites for hydroxylation is 1. The summed E-state index contributed by atoms with van der Waals surface area (Å²) in [6.07, 6.45) is 0. The number of amides is 1. The van der Waals surface area contributed by atoms with Gasteiger partial charge < -0.3 is 5.32 Å². The number of nitrogens with two attached hydrogens (primary N) is 1. The zero-order valence-corrected chi connectivity index (χ0v) is 12.5. The molecule has 2 rings (SSSR count). The number of nitrogens with one attached hydrogen (secondary N) is 1. The number of carbonyl (C=O) groups is 1. The SMILES string of the molecule is Cc1ccc(=O)n(CC(=O)Nc2ccc(S(N)(=O)=O)cc2)n1. The van der Waals surface area contributed by atoms with E-state index in [2.05, 4.69) is 10.4 Å². The summed E-state index contributed by atoms with van der Waals surface area (Å²) in [5.74, 6) is -0.455. The highest BCUT2D eigenvalue weighted by molar-refractivity contribution is 7.89. The standard InChI is InChI=1S/C13H14N4O4S/c1-9-2-7-13(19)17(16-9)8-12(18)15-10-3-5-11(6-4-10)22(14,20)21/h2-7H,8H2,1H3,(H,15,18)(H2,14,20,21). The van der Waals surface area contributed by atoms with Gasteiger partial charge in [0, 0.05) is 11.8 Å². The van der Waals surface area contributed by atoms with E-state index in [1.54, 1.807) is 13.0 Å². The number of nitrogens with zero attached hydrogens (tertiary/aromatic N) is 2. The molecule has 1 aromatic heterocycles. The fourth-order valence-corrected chi connectivity index (χ4v) is 2.24. The number of sulfonamides is 1. The summed E-state index contributed by atoms with van der Waals surface area (Å²) in [4.78, 5) is 23.4. The van der Waals surface area contributed by atoms with Gasteiger partial charge in [-0.25, -0.2) is 18.2 Å². The normalized spacial score (nSPS) is 11.2. The van der Waals surface area contributed by atoms with E-state index >= 15 is 0 Å². The van der Waals surface area contributed by atoms with Gasteiger partial charge in [0.05, 0.1) is 10.6 Å². The predicted molar refractivity (Wildman–Crippen MR) is 79.7 cm³/mol. The third kappa shape index (κ3) is 3.99. The number of benzene rings is 1. The Hall–Kier alpha value is -2.52. The minimum Gasteiger partial charge on any atom is -0.324 e. The van der Waals surface area contributed by atoms with Crippen molar-refractivity contribution in [3.63, 3.8) is 0 Å². The maximum atomic E-state index is 11.9. The fourth-order valence-electron chi connectivity index (χ4n) is 1.73. The molecule has 0 unspecified atom stereocenters. The summed E-state index contributed by atoms with van der Waals surface area (Å²) >= 11 is 0. The molecule has 0 saturated heterocycles. The monoisotopic (exact) mass is 322 g/mol. The number of hydrogen-bond donors (Lipinski definition) is 2. The summed E-state index contributed by atoms with van der Waals surface area (Å²) in [5.41, 5.74) is 0.619.